The first-order valence-electron chi connectivity index (χ1n) is 5.93. The van der Waals surface area contributed by atoms with Gasteiger partial charge in [-0.3, -0.25) is 9.48 Å². The number of rotatable bonds is 4. The molecule has 1 heterocycles. The van der Waals surface area contributed by atoms with E-state index in [1.165, 1.54) is 0 Å². The molecule has 2 rings (SSSR count). The van der Waals surface area contributed by atoms with Gasteiger partial charge < -0.3 is 0 Å². The number of carbonyl (C=O) groups excluding carboxylic acids is 1. The second-order valence-corrected chi connectivity index (χ2v) is 4.67. The van der Waals surface area contributed by atoms with Crippen LogP contribution in [-0.2, 0) is 13.5 Å². The molecule has 94 valence electrons. The molecule has 4 heteroatoms. The van der Waals surface area contributed by atoms with Gasteiger partial charge in [-0.2, -0.15) is 5.10 Å². The third kappa shape index (κ3) is 2.46. The van der Waals surface area contributed by atoms with Gasteiger partial charge in [0.1, 0.15) is 0 Å². The zero-order chi connectivity index (χ0) is 13.1. The van der Waals surface area contributed by atoms with Gasteiger partial charge in [-0.1, -0.05) is 31.0 Å². The van der Waals surface area contributed by atoms with Gasteiger partial charge in [0.25, 0.3) is 0 Å². The average molecular weight is 263 g/mol. The number of aldehydes is 1. The van der Waals surface area contributed by atoms with E-state index in [1.54, 1.807) is 6.07 Å². The van der Waals surface area contributed by atoms with Crippen LogP contribution in [0.2, 0.25) is 5.02 Å². The zero-order valence-corrected chi connectivity index (χ0v) is 11.2. The standard InChI is InChI=1S/C14H15ClN2O/c1-3-4-14-12(8-17(2)16-14)10-5-6-11(9-18)13(15)7-10/h5-9H,3-4H2,1-2H3. The van der Waals surface area contributed by atoms with Gasteiger partial charge in [0.2, 0.25) is 0 Å². The first-order valence-corrected chi connectivity index (χ1v) is 6.31. The normalized spacial score (nSPS) is 10.6. The Labute approximate surface area is 111 Å². The molecule has 2 aromatic rings. The number of aryl methyl sites for hydroxylation is 2. The molecule has 3 nitrogen and oxygen atoms in total. The van der Waals surface area contributed by atoms with Crippen LogP contribution in [-0.4, -0.2) is 16.1 Å². The molecule has 0 atom stereocenters. The van der Waals surface area contributed by atoms with Crippen molar-refractivity contribution in [3.63, 3.8) is 0 Å². The van der Waals surface area contributed by atoms with E-state index in [0.717, 1.165) is 35.9 Å². The molecule has 0 amide bonds. The van der Waals surface area contributed by atoms with E-state index >= 15 is 0 Å². The minimum Gasteiger partial charge on any atom is -0.298 e. The van der Waals surface area contributed by atoms with Crippen molar-refractivity contribution in [3.8, 4) is 11.1 Å². The average Bonchev–Trinajstić information content (AvgIpc) is 2.71. The predicted octanol–water partition coefficient (Wildman–Crippen LogP) is 3.51. The SMILES string of the molecule is CCCc1nn(C)cc1-c1ccc(C=O)c(Cl)c1. The fourth-order valence-corrected chi connectivity index (χ4v) is 2.21. The summed E-state index contributed by atoms with van der Waals surface area (Å²) in [6.45, 7) is 2.13. The van der Waals surface area contributed by atoms with Crippen molar-refractivity contribution in [2.45, 2.75) is 19.8 Å². The molecule has 18 heavy (non-hydrogen) atoms. The van der Waals surface area contributed by atoms with Crippen LogP contribution in [0.5, 0.6) is 0 Å². The first kappa shape index (κ1) is 12.8. The minimum absolute atomic E-state index is 0.480. The van der Waals surface area contributed by atoms with E-state index < -0.39 is 0 Å². The van der Waals surface area contributed by atoms with Crippen molar-refractivity contribution in [1.29, 1.82) is 0 Å². The molecule has 0 unspecified atom stereocenters. The Morgan fingerprint density at radius 2 is 2.22 bits per heavy atom. The Bertz CT molecular complexity index is 575. The maximum atomic E-state index is 10.7. The first-order chi connectivity index (χ1) is 8.65. The molecule has 0 N–H and O–H groups in total. The monoisotopic (exact) mass is 262 g/mol. The summed E-state index contributed by atoms with van der Waals surface area (Å²) in [7, 11) is 1.91. The summed E-state index contributed by atoms with van der Waals surface area (Å²) < 4.78 is 1.81. The molecular weight excluding hydrogens is 248 g/mol. The van der Waals surface area contributed by atoms with E-state index in [-0.39, 0.29) is 0 Å². The topological polar surface area (TPSA) is 34.9 Å². The highest BCUT2D eigenvalue weighted by atomic mass is 35.5. The summed E-state index contributed by atoms with van der Waals surface area (Å²) >= 11 is 6.06. The van der Waals surface area contributed by atoms with Crippen LogP contribution < -0.4 is 0 Å². The summed E-state index contributed by atoms with van der Waals surface area (Å²) in [6.07, 6.45) is 4.73. The summed E-state index contributed by atoms with van der Waals surface area (Å²) in [5, 5.41) is 4.93. The van der Waals surface area contributed by atoms with Gasteiger partial charge >= 0.3 is 0 Å². The Balaban J connectivity index is 2.47. The number of halogens is 1. The quantitative estimate of drug-likeness (QED) is 0.791. The zero-order valence-electron chi connectivity index (χ0n) is 10.5. The Kier molecular flexibility index (Phi) is 3.82. The Morgan fingerprint density at radius 3 is 2.83 bits per heavy atom. The maximum Gasteiger partial charge on any atom is 0.151 e. The number of carbonyl (C=O) groups is 1. The lowest BCUT2D eigenvalue weighted by atomic mass is 10.0. The molecule has 0 saturated carbocycles. The van der Waals surface area contributed by atoms with Crippen LogP contribution >= 0.6 is 11.6 Å². The summed E-state index contributed by atoms with van der Waals surface area (Å²) in [5.41, 5.74) is 3.66. The lowest BCUT2D eigenvalue weighted by Crippen LogP contribution is -1.91. The van der Waals surface area contributed by atoms with Crippen molar-refractivity contribution in [2.24, 2.45) is 7.05 Å². The van der Waals surface area contributed by atoms with Gasteiger partial charge in [-0.15, -0.1) is 0 Å². The third-order valence-corrected chi connectivity index (χ3v) is 3.16. The largest absolute Gasteiger partial charge is 0.298 e. The van der Waals surface area contributed by atoms with Crippen LogP contribution in [0.3, 0.4) is 0 Å². The van der Waals surface area contributed by atoms with E-state index in [0.29, 0.717) is 10.6 Å². The number of nitrogens with zero attached hydrogens (tertiary/aromatic N) is 2. The number of hydrogen-bond donors (Lipinski definition) is 0. The number of aromatic nitrogens is 2. The van der Waals surface area contributed by atoms with Crippen LogP contribution in [0.15, 0.2) is 24.4 Å². The lowest BCUT2D eigenvalue weighted by Gasteiger charge is -2.03. The fraction of sp³-hybridized carbons (Fsp3) is 0.286. The summed E-state index contributed by atoms with van der Waals surface area (Å²) in [4.78, 5) is 10.7. The Hall–Kier alpha value is -1.61. The number of hydrogen-bond acceptors (Lipinski definition) is 2. The van der Waals surface area contributed by atoms with Crippen LogP contribution in [0.1, 0.15) is 29.4 Å². The molecule has 0 bridgehead atoms. The molecule has 1 aromatic heterocycles. The fourth-order valence-electron chi connectivity index (χ4n) is 1.99. The van der Waals surface area contributed by atoms with Crippen LogP contribution in [0, 0.1) is 0 Å². The molecule has 0 aliphatic carbocycles. The molecule has 1 aromatic carbocycles. The highest BCUT2D eigenvalue weighted by Crippen LogP contribution is 2.27. The lowest BCUT2D eigenvalue weighted by molar-refractivity contribution is 0.112. The summed E-state index contributed by atoms with van der Waals surface area (Å²) in [5.74, 6) is 0. The summed E-state index contributed by atoms with van der Waals surface area (Å²) in [6, 6.07) is 5.47. The van der Waals surface area contributed by atoms with Crippen LogP contribution in [0.4, 0.5) is 0 Å². The van der Waals surface area contributed by atoms with E-state index in [9.17, 15) is 4.79 Å². The van der Waals surface area contributed by atoms with Crippen molar-refractivity contribution in [1.82, 2.24) is 9.78 Å². The van der Waals surface area contributed by atoms with Crippen molar-refractivity contribution >= 4 is 17.9 Å². The molecule has 0 saturated heterocycles. The second kappa shape index (κ2) is 5.36. The molecular formula is C14H15ClN2O. The predicted molar refractivity (Wildman–Crippen MR) is 73.0 cm³/mol. The third-order valence-electron chi connectivity index (χ3n) is 2.83. The van der Waals surface area contributed by atoms with Gasteiger partial charge in [0.05, 0.1) is 10.7 Å². The van der Waals surface area contributed by atoms with Gasteiger partial charge in [-0.25, -0.2) is 0 Å². The molecule has 0 radical (unpaired) electrons. The molecule has 0 aliphatic heterocycles. The highest BCUT2D eigenvalue weighted by molar-refractivity contribution is 6.33. The smallest absolute Gasteiger partial charge is 0.151 e. The minimum atomic E-state index is 0.480. The van der Waals surface area contributed by atoms with Crippen molar-refractivity contribution in [3.05, 3.63) is 40.7 Å². The van der Waals surface area contributed by atoms with E-state index in [2.05, 4.69) is 12.0 Å². The van der Waals surface area contributed by atoms with Crippen molar-refractivity contribution < 1.29 is 4.79 Å². The van der Waals surface area contributed by atoms with E-state index in [4.69, 9.17) is 11.6 Å². The van der Waals surface area contributed by atoms with Crippen molar-refractivity contribution in [2.75, 3.05) is 0 Å². The molecule has 0 fully saturated rings. The number of benzene rings is 1. The van der Waals surface area contributed by atoms with Gasteiger partial charge in [0, 0.05) is 24.4 Å². The Morgan fingerprint density at radius 1 is 1.44 bits per heavy atom. The van der Waals surface area contributed by atoms with Crippen LogP contribution in [0.25, 0.3) is 11.1 Å². The second-order valence-electron chi connectivity index (χ2n) is 4.27. The van der Waals surface area contributed by atoms with Gasteiger partial charge in [-0.05, 0) is 24.1 Å². The van der Waals surface area contributed by atoms with E-state index in [1.807, 2.05) is 30.1 Å². The molecule has 0 spiro atoms. The highest BCUT2D eigenvalue weighted by Gasteiger charge is 2.10. The molecule has 0 aliphatic rings. The van der Waals surface area contributed by atoms with Gasteiger partial charge in [0.15, 0.2) is 6.29 Å². The maximum absolute atomic E-state index is 10.7.